The van der Waals surface area contributed by atoms with Gasteiger partial charge in [0.1, 0.15) is 11.3 Å². The van der Waals surface area contributed by atoms with E-state index in [4.69, 9.17) is 4.74 Å². The number of aromatic nitrogens is 2. The molecule has 0 saturated heterocycles. The van der Waals surface area contributed by atoms with Crippen LogP contribution < -0.4 is 4.74 Å². The van der Waals surface area contributed by atoms with Gasteiger partial charge in [-0.1, -0.05) is 30.3 Å². The third-order valence-corrected chi connectivity index (χ3v) is 3.06. The number of ketones is 1. The predicted molar refractivity (Wildman–Crippen MR) is 78.1 cm³/mol. The highest BCUT2D eigenvalue weighted by molar-refractivity contribution is 6.07. The van der Waals surface area contributed by atoms with Crippen LogP contribution in [0.1, 0.15) is 16.1 Å². The van der Waals surface area contributed by atoms with E-state index >= 15 is 0 Å². The lowest BCUT2D eigenvalue weighted by molar-refractivity contribution is 0.103. The SMILES string of the molecule is COC(=O)Oc1ccc2nc(C(=O)c3ccccc3)cn2c1. The number of nitrogens with zero attached hydrogens (tertiary/aromatic N) is 2. The van der Waals surface area contributed by atoms with Crippen LogP contribution in [-0.2, 0) is 4.74 Å². The lowest BCUT2D eigenvalue weighted by Crippen LogP contribution is -2.07. The normalized spacial score (nSPS) is 10.4. The molecular weight excluding hydrogens is 284 g/mol. The summed E-state index contributed by atoms with van der Waals surface area (Å²) in [5.41, 5.74) is 1.47. The van der Waals surface area contributed by atoms with Crippen molar-refractivity contribution in [2.45, 2.75) is 0 Å². The Labute approximate surface area is 125 Å². The van der Waals surface area contributed by atoms with Crippen LogP contribution in [0.3, 0.4) is 0 Å². The Hall–Kier alpha value is -3.15. The van der Waals surface area contributed by atoms with Gasteiger partial charge in [-0.3, -0.25) is 4.79 Å². The summed E-state index contributed by atoms with van der Waals surface area (Å²) in [5.74, 6) is 0.134. The van der Waals surface area contributed by atoms with E-state index in [9.17, 15) is 9.59 Å². The summed E-state index contributed by atoms with van der Waals surface area (Å²) in [6.45, 7) is 0. The van der Waals surface area contributed by atoms with Crippen LogP contribution in [0.4, 0.5) is 4.79 Å². The Kier molecular flexibility index (Phi) is 3.57. The molecule has 110 valence electrons. The first-order valence-electron chi connectivity index (χ1n) is 6.51. The average molecular weight is 296 g/mol. The number of hydrogen-bond acceptors (Lipinski definition) is 5. The summed E-state index contributed by atoms with van der Waals surface area (Å²) >= 11 is 0. The number of ether oxygens (including phenoxy) is 2. The second-order valence-corrected chi connectivity index (χ2v) is 4.51. The van der Waals surface area contributed by atoms with E-state index in [1.807, 2.05) is 6.07 Å². The van der Waals surface area contributed by atoms with Crippen molar-refractivity contribution in [2.24, 2.45) is 0 Å². The molecule has 0 aliphatic heterocycles. The fraction of sp³-hybridized carbons (Fsp3) is 0.0625. The van der Waals surface area contributed by atoms with E-state index < -0.39 is 6.16 Å². The molecule has 6 nitrogen and oxygen atoms in total. The predicted octanol–water partition coefficient (Wildman–Crippen LogP) is 2.71. The number of carbonyl (C=O) groups excluding carboxylic acids is 2. The summed E-state index contributed by atoms with van der Waals surface area (Å²) in [6.07, 6.45) is 2.34. The number of rotatable bonds is 3. The third-order valence-electron chi connectivity index (χ3n) is 3.06. The van der Waals surface area contributed by atoms with Gasteiger partial charge in [0.15, 0.2) is 5.75 Å². The number of imidazole rings is 1. The van der Waals surface area contributed by atoms with Crippen molar-refractivity contribution in [3.63, 3.8) is 0 Å². The lowest BCUT2D eigenvalue weighted by Gasteiger charge is -2.02. The Morgan fingerprint density at radius 1 is 1.05 bits per heavy atom. The maximum Gasteiger partial charge on any atom is 0.513 e. The molecule has 0 fully saturated rings. The monoisotopic (exact) mass is 296 g/mol. The van der Waals surface area contributed by atoms with Crippen LogP contribution in [-0.4, -0.2) is 28.4 Å². The van der Waals surface area contributed by atoms with Crippen molar-refractivity contribution < 1.29 is 19.1 Å². The van der Waals surface area contributed by atoms with Crippen molar-refractivity contribution in [1.29, 1.82) is 0 Å². The Balaban J connectivity index is 1.93. The van der Waals surface area contributed by atoms with Crippen molar-refractivity contribution in [3.05, 3.63) is 66.1 Å². The maximum atomic E-state index is 12.3. The summed E-state index contributed by atoms with van der Waals surface area (Å²) in [5, 5.41) is 0. The molecule has 0 atom stereocenters. The van der Waals surface area contributed by atoms with E-state index in [0.717, 1.165) is 0 Å². The van der Waals surface area contributed by atoms with Gasteiger partial charge >= 0.3 is 6.16 Å². The molecular formula is C16H12N2O4. The second kappa shape index (κ2) is 5.69. The van der Waals surface area contributed by atoms with E-state index in [1.165, 1.54) is 7.11 Å². The molecule has 0 saturated carbocycles. The molecule has 0 aliphatic rings. The largest absolute Gasteiger partial charge is 0.513 e. The van der Waals surface area contributed by atoms with Crippen molar-refractivity contribution >= 4 is 17.6 Å². The van der Waals surface area contributed by atoms with Gasteiger partial charge in [0.25, 0.3) is 0 Å². The van der Waals surface area contributed by atoms with Crippen molar-refractivity contribution in [3.8, 4) is 5.75 Å². The van der Waals surface area contributed by atoms with Gasteiger partial charge in [-0.15, -0.1) is 0 Å². The number of fused-ring (bicyclic) bond motifs is 1. The molecule has 2 heterocycles. The number of hydrogen-bond donors (Lipinski definition) is 0. The van der Waals surface area contributed by atoms with Crippen LogP contribution in [0.25, 0.3) is 5.65 Å². The fourth-order valence-electron chi connectivity index (χ4n) is 2.02. The minimum atomic E-state index is -0.806. The molecule has 0 bridgehead atoms. The van der Waals surface area contributed by atoms with Gasteiger partial charge in [-0.2, -0.15) is 0 Å². The summed E-state index contributed by atoms with van der Waals surface area (Å²) in [4.78, 5) is 27.7. The minimum Gasteiger partial charge on any atom is -0.437 e. The second-order valence-electron chi connectivity index (χ2n) is 4.51. The third kappa shape index (κ3) is 2.67. The highest BCUT2D eigenvalue weighted by Gasteiger charge is 2.13. The molecule has 0 amide bonds. The molecule has 2 aromatic heterocycles. The fourth-order valence-corrected chi connectivity index (χ4v) is 2.02. The lowest BCUT2D eigenvalue weighted by atomic mass is 10.1. The highest BCUT2D eigenvalue weighted by atomic mass is 16.7. The quantitative estimate of drug-likeness (QED) is 0.549. The van der Waals surface area contributed by atoms with Gasteiger partial charge < -0.3 is 13.9 Å². The first kappa shape index (κ1) is 13.8. The van der Waals surface area contributed by atoms with Crippen LogP contribution in [0.15, 0.2) is 54.9 Å². The average Bonchev–Trinajstić information content (AvgIpc) is 2.98. The molecule has 0 radical (unpaired) electrons. The first-order valence-corrected chi connectivity index (χ1v) is 6.51. The molecule has 0 aliphatic carbocycles. The smallest absolute Gasteiger partial charge is 0.437 e. The number of methoxy groups -OCH3 is 1. The van der Waals surface area contributed by atoms with Crippen molar-refractivity contribution in [1.82, 2.24) is 9.38 Å². The van der Waals surface area contributed by atoms with Gasteiger partial charge in [-0.05, 0) is 12.1 Å². The zero-order valence-electron chi connectivity index (χ0n) is 11.7. The van der Waals surface area contributed by atoms with E-state index in [2.05, 4.69) is 9.72 Å². The molecule has 0 unspecified atom stereocenters. The van der Waals surface area contributed by atoms with Gasteiger partial charge in [0.2, 0.25) is 5.78 Å². The maximum absolute atomic E-state index is 12.3. The van der Waals surface area contributed by atoms with Crippen LogP contribution in [0.2, 0.25) is 0 Å². The Morgan fingerprint density at radius 3 is 2.55 bits per heavy atom. The van der Waals surface area contributed by atoms with Crippen LogP contribution in [0, 0.1) is 0 Å². The number of pyridine rings is 1. The van der Waals surface area contributed by atoms with E-state index in [1.54, 1.807) is 53.2 Å². The van der Waals surface area contributed by atoms with Crippen LogP contribution in [0.5, 0.6) is 5.75 Å². The molecule has 0 spiro atoms. The van der Waals surface area contributed by atoms with E-state index in [-0.39, 0.29) is 5.78 Å². The summed E-state index contributed by atoms with van der Waals surface area (Å²) < 4.78 is 11.0. The molecule has 22 heavy (non-hydrogen) atoms. The van der Waals surface area contributed by atoms with Gasteiger partial charge in [0, 0.05) is 11.8 Å². The highest BCUT2D eigenvalue weighted by Crippen LogP contribution is 2.16. The van der Waals surface area contributed by atoms with Crippen molar-refractivity contribution in [2.75, 3.05) is 7.11 Å². The zero-order chi connectivity index (χ0) is 15.5. The Bertz CT molecular complexity index is 840. The summed E-state index contributed by atoms with van der Waals surface area (Å²) in [6, 6.07) is 12.1. The molecule has 0 N–H and O–H groups in total. The standard InChI is InChI=1S/C16H12N2O4/c1-21-16(20)22-12-7-8-14-17-13(10-18(14)9-12)15(19)11-5-3-2-4-6-11/h2-10H,1H3. The summed E-state index contributed by atoms with van der Waals surface area (Å²) in [7, 11) is 1.23. The molecule has 3 aromatic rings. The topological polar surface area (TPSA) is 69.9 Å². The zero-order valence-corrected chi connectivity index (χ0v) is 11.7. The van der Waals surface area contributed by atoms with Gasteiger partial charge in [-0.25, -0.2) is 9.78 Å². The van der Waals surface area contributed by atoms with Crippen LogP contribution >= 0.6 is 0 Å². The van der Waals surface area contributed by atoms with Gasteiger partial charge in [0.05, 0.1) is 13.3 Å². The number of carbonyl (C=O) groups is 2. The minimum absolute atomic E-state index is 0.167. The number of benzene rings is 1. The molecule has 6 heteroatoms. The Morgan fingerprint density at radius 2 is 1.82 bits per heavy atom. The first-order chi connectivity index (χ1) is 10.7. The molecule has 1 aromatic carbocycles. The van der Waals surface area contributed by atoms with E-state index in [0.29, 0.717) is 22.7 Å². The molecule has 3 rings (SSSR count).